The van der Waals surface area contributed by atoms with Gasteiger partial charge in [0.05, 0.1) is 4.48 Å². The van der Waals surface area contributed by atoms with Crippen LogP contribution in [0, 0.1) is 0 Å². The Balaban J connectivity index is 6.36. The zero-order valence-electron chi connectivity index (χ0n) is 9.75. The maximum absolute atomic E-state index is 13.1. The van der Waals surface area contributed by atoms with E-state index in [1.54, 1.807) is 15.9 Å². The minimum absolute atomic E-state index is 0.197. The molecule has 0 saturated carbocycles. The highest BCUT2D eigenvalue weighted by Crippen LogP contribution is 2.61. The zero-order valence-corrected chi connectivity index (χ0v) is 12.9. The molecule has 0 N–H and O–H groups in total. The van der Waals surface area contributed by atoms with Crippen LogP contribution in [-0.2, 0) is 0 Å². The smallest absolute Gasteiger partial charge is 0.193 e. The van der Waals surface area contributed by atoms with Gasteiger partial charge in [0.2, 0.25) is 0 Å². The van der Waals surface area contributed by atoms with Crippen molar-refractivity contribution in [1.29, 1.82) is 0 Å². The number of allylic oxidation sites excluding steroid dienone is 1. The summed E-state index contributed by atoms with van der Waals surface area (Å²) in [7, 11) is 0. The summed E-state index contributed by atoms with van der Waals surface area (Å²) in [6, 6.07) is 0. The van der Waals surface area contributed by atoms with Gasteiger partial charge >= 0.3 is 35.8 Å². The van der Waals surface area contributed by atoms with Crippen molar-refractivity contribution in [3.8, 4) is 0 Å². The number of alkyl halides is 13. The Morgan fingerprint density at radius 2 is 0.870 bits per heavy atom. The monoisotopic (exact) mass is 502 g/mol. The first kappa shape index (κ1) is 22.8. The molecule has 0 aromatic rings. The van der Waals surface area contributed by atoms with E-state index in [1.807, 2.05) is 15.9 Å². The number of rotatable bonds is 5. The van der Waals surface area contributed by atoms with Crippen molar-refractivity contribution in [1.82, 2.24) is 0 Å². The van der Waals surface area contributed by atoms with Crippen LogP contribution in [-0.4, -0.2) is 35.8 Å². The quantitative estimate of drug-likeness (QED) is 0.383. The summed E-state index contributed by atoms with van der Waals surface area (Å²) in [6.07, 6.45) is -7.41. The third-order valence-electron chi connectivity index (χ3n) is 2.33. The fourth-order valence-electron chi connectivity index (χ4n) is 0.988. The number of hydrogen-bond donors (Lipinski definition) is 0. The van der Waals surface area contributed by atoms with E-state index < -0.39 is 40.3 Å². The second kappa shape index (κ2) is 5.95. The summed E-state index contributed by atoms with van der Waals surface area (Å²) in [6.45, 7) is 0. The van der Waals surface area contributed by atoms with E-state index in [1.165, 1.54) is 0 Å². The lowest BCUT2D eigenvalue weighted by Crippen LogP contribution is -2.70. The third kappa shape index (κ3) is 3.06. The summed E-state index contributed by atoms with van der Waals surface area (Å²) in [4.78, 5) is -0.197. The van der Waals surface area contributed by atoms with Crippen LogP contribution in [0.4, 0.5) is 57.1 Å². The van der Waals surface area contributed by atoms with Gasteiger partial charge < -0.3 is 0 Å². The predicted molar refractivity (Wildman–Crippen MR) is 56.7 cm³/mol. The van der Waals surface area contributed by atoms with Crippen LogP contribution >= 0.6 is 31.9 Å². The summed E-state index contributed by atoms with van der Waals surface area (Å²) in [5.41, 5.74) is 0. The first-order chi connectivity index (χ1) is 9.73. The van der Waals surface area contributed by atoms with E-state index in [9.17, 15) is 57.1 Å². The van der Waals surface area contributed by atoms with Crippen LogP contribution in [0.25, 0.3) is 0 Å². The number of halogens is 15. The molecule has 0 radical (unpaired) electrons. The Hall–Kier alpha value is -0.210. The molecular weight excluding hydrogens is 503 g/mol. The van der Waals surface area contributed by atoms with Crippen LogP contribution in [0.1, 0.15) is 0 Å². The second-order valence-corrected chi connectivity index (χ2v) is 5.14. The van der Waals surface area contributed by atoms with Gasteiger partial charge in [-0.15, -0.1) is 0 Å². The van der Waals surface area contributed by atoms with Gasteiger partial charge in [-0.2, -0.15) is 57.1 Å². The molecule has 0 aliphatic carbocycles. The normalized spacial score (nSPS) is 16.7. The fraction of sp³-hybridized carbons (Fsp3) is 0.750. The molecule has 138 valence electrons. The lowest BCUT2D eigenvalue weighted by atomic mass is 9.94. The molecule has 0 spiro atoms. The molecule has 0 fully saturated rings. The van der Waals surface area contributed by atoms with Crippen molar-refractivity contribution in [2.24, 2.45) is 0 Å². The molecular formula is C8HBr2F13. The molecule has 0 amide bonds. The molecule has 0 aromatic carbocycles. The average Bonchev–Trinajstić information content (AvgIpc) is 2.35. The Morgan fingerprint density at radius 1 is 0.565 bits per heavy atom. The molecule has 0 aliphatic rings. The van der Waals surface area contributed by atoms with Crippen LogP contribution in [0.2, 0.25) is 0 Å². The molecule has 15 heteroatoms. The molecule has 0 nitrogen and oxygen atoms in total. The molecule has 0 aromatic heterocycles. The van der Waals surface area contributed by atoms with E-state index >= 15 is 0 Å². The van der Waals surface area contributed by atoms with Gasteiger partial charge in [-0.25, -0.2) is 0 Å². The van der Waals surface area contributed by atoms with Crippen molar-refractivity contribution in [2.45, 2.75) is 35.8 Å². The van der Waals surface area contributed by atoms with E-state index in [0.717, 1.165) is 0 Å². The van der Waals surface area contributed by atoms with E-state index in [4.69, 9.17) is 0 Å². The standard InChI is InChI=1S/C8HBr2F13/c9-1-2(10)3(11,12)4(13,14)5(15,16)6(17,18)7(19,20)8(21,22)23/h1H/b2-1+. The van der Waals surface area contributed by atoms with E-state index in [-0.39, 0.29) is 4.99 Å². The van der Waals surface area contributed by atoms with Gasteiger partial charge in [-0.1, -0.05) is 15.9 Å². The van der Waals surface area contributed by atoms with Gasteiger partial charge in [0.15, 0.2) is 0 Å². The SMILES string of the molecule is FC(F)(F)C(F)(F)C(F)(F)C(F)(F)C(F)(F)C(F)(F)/C(Br)=C\Br. The maximum Gasteiger partial charge on any atom is 0.460 e. The molecule has 0 rings (SSSR count). The fourth-order valence-corrected chi connectivity index (χ4v) is 1.52. The Labute approximate surface area is 134 Å². The van der Waals surface area contributed by atoms with Crippen molar-refractivity contribution in [3.63, 3.8) is 0 Å². The maximum atomic E-state index is 13.1. The van der Waals surface area contributed by atoms with E-state index in [2.05, 4.69) is 0 Å². The summed E-state index contributed by atoms with van der Waals surface area (Å²) in [5, 5.41) is 0. The molecule has 0 heterocycles. The van der Waals surface area contributed by atoms with Gasteiger partial charge in [-0.3, -0.25) is 0 Å². The second-order valence-electron chi connectivity index (χ2n) is 3.83. The Morgan fingerprint density at radius 3 is 1.13 bits per heavy atom. The first-order valence-electron chi connectivity index (χ1n) is 4.65. The summed E-state index contributed by atoms with van der Waals surface area (Å²) in [5.74, 6) is -36.9. The summed E-state index contributed by atoms with van der Waals surface area (Å²) < 4.78 is 162. The van der Waals surface area contributed by atoms with Gasteiger partial charge in [0.1, 0.15) is 0 Å². The van der Waals surface area contributed by atoms with E-state index in [0.29, 0.717) is 0 Å². The Kier molecular flexibility index (Phi) is 5.89. The largest absolute Gasteiger partial charge is 0.460 e. The Bertz CT molecular complexity index is 475. The zero-order chi connectivity index (χ0) is 19.3. The van der Waals surface area contributed by atoms with Gasteiger partial charge in [0.25, 0.3) is 0 Å². The lowest BCUT2D eigenvalue weighted by molar-refractivity contribution is -0.436. The predicted octanol–water partition coefficient (Wildman–Crippen LogP) is 6.36. The highest BCUT2D eigenvalue weighted by Gasteiger charge is 2.91. The van der Waals surface area contributed by atoms with Crippen molar-refractivity contribution in [3.05, 3.63) is 9.47 Å². The molecule has 0 aliphatic heterocycles. The van der Waals surface area contributed by atoms with Crippen molar-refractivity contribution < 1.29 is 57.1 Å². The van der Waals surface area contributed by atoms with Gasteiger partial charge in [-0.05, 0) is 20.9 Å². The lowest BCUT2D eigenvalue weighted by Gasteiger charge is -2.39. The highest BCUT2D eigenvalue weighted by molar-refractivity contribution is 9.14. The highest BCUT2D eigenvalue weighted by atomic mass is 79.9. The van der Waals surface area contributed by atoms with Crippen LogP contribution in [0.15, 0.2) is 9.47 Å². The first-order valence-corrected chi connectivity index (χ1v) is 6.36. The minimum Gasteiger partial charge on any atom is -0.193 e. The van der Waals surface area contributed by atoms with Crippen molar-refractivity contribution in [2.75, 3.05) is 0 Å². The van der Waals surface area contributed by atoms with Crippen molar-refractivity contribution >= 4 is 31.9 Å². The molecule has 0 bridgehead atoms. The summed E-state index contributed by atoms with van der Waals surface area (Å²) >= 11 is 3.53. The van der Waals surface area contributed by atoms with Crippen LogP contribution < -0.4 is 0 Å². The molecule has 0 saturated heterocycles. The van der Waals surface area contributed by atoms with Crippen LogP contribution in [0.5, 0.6) is 0 Å². The third-order valence-corrected chi connectivity index (χ3v) is 4.13. The van der Waals surface area contributed by atoms with Crippen LogP contribution in [0.3, 0.4) is 0 Å². The van der Waals surface area contributed by atoms with Gasteiger partial charge in [0, 0.05) is 0 Å². The molecule has 0 atom stereocenters. The average molecular weight is 504 g/mol. The molecule has 23 heavy (non-hydrogen) atoms. The molecule has 0 unspecified atom stereocenters. The number of hydrogen-bond acceptors (Lipinski definition) is 0. The minimum atomic E-state index is -7.88. The topological polar surface area (TPSA) is 0 Å².